The van der Waals surface area contributed by atoms with Gasteiger partial charge in [-0.15, -0.1) is 0 Å². The summed E-state index contributed by atoms with van der Waals surface area (Å²) in [6, 6.07) is 9.20. The highest BCUT2D eigenvalue weighted by molar-refractivity contribution is 5.94. The van der Waals surface area contributed by atoms with Crippen LogP contribution >= 0.6 is 0 Å². The second kappa shape index (κ2) is 6.13. The summed E-state index contributed by atoms with van der Waals surface area (Å²) in [6.07, 6.45) is 1.74. The molecule has 0 aliphatic carbocycles. The Hall–Kier alpha value is -2.43. The van der Waals surface area contributed by atoms with Crippen molar-refractivity contribution in [3.8, 4) is 0 Å². The number of rotatable bonds is 3. The Bertz CT molecular complexity index is 674. The van der Waals surface area contributed by atoms with Gasteiger partial charge in [0.25, 0.3) is 5.91 Å². The first kappa shape index (κ1) is 15.9. The van der Waals surface area contributed by atoms with Crippen LogP contribution in [0.3, 0.4) is 0 Å². The molecule has 0 spiro atoms. The number of aromatic nitrogens is 2. The quantitative estimate of drug-likeness (QED) is 0.945. The number of nitrogens with zero attached hydrogens (tertiary/aromatic N) is 3. The lowest BCUT2D eigenvalue weighted by molar-refractivity contribution is 0.0827. The average molecular weight is 298 g/mol. The summed E-state index contributed by atoms with van der Waals surface area (Å²) in [6.45, 7) is 6.22. The highest BCUT2D eigenvalue weighted by Gasteiger charge is 2.17. The van der Waals surface area contributed by atoms with Gasteiger partial charge in [0.15, 0.2) is 0 Å². The van der Waals surface area contributed by atoms with E-state index in [1.165, 1.54) is 0 Å². The van der Waals surface area contributed by atoms with Crippen LogP contribution in [0.15, 0.2) is 36.5 Å². The van der Waals surface area contributed by atoms with Gasteiger partial charge in [-0.05, 0) is 24.3 Å². The van der Waals surface area contributed by atoms with Gasteiger partial charge in [-0.1, -0.05) is 26.8 Å². The van der Waals surface area contributed by atoms with Crippen LogP contribution in [0.4, 0.5) is 11.5 Å². The van der Waals surface area contributed by atoms with Crippen molar-refractivity contribution in [2.45, 2.75) is 26.2 Å². The predicted molar refractivity (Wildman–Crippen MR) is 88.5 cm³/mol. The fourth-order valence-corrected chi connectivity index (χ4v) is 1.93. The number of benzene rings is 1. The molecule has 0 saturated heterocycles. The van der Waals surface area contributed by atoms with E-state index in [1.54, 1.807) is 31.3 Å². The summed E-state index contributed by atoms with van der Waals surface area (Å²) >= 11 is 0. The number of amides is 1. The van der Waals surface area contributed by atoms with Crippen LogP contribution in [0.1, 0.15) is 37.0 Å². The van der Waals surface area contributed by atoms with E-state index in [9.17, 15) is 4.79 Å². The molecule has 0 aliphatic rings. The largest absolute Gasteiger partial charge is 0.345 e. The lowest BCUT2D eigenvalue weighted by atomic mass is 9.96. The molecule has 0 atom stereocenters. The molecule has 1 aromatic heterocycles. The third-order valence-electron chi connectivity index (χ3n) is 3.11. The molecular formula is C17H22N4O. The van der Waals surface area contributed by atoms with Crippen molar-refractivity contribution in [2.24, 2.45) is 0 Å². The van der Waals surface area contributed by atoms with Crippen molar-refractivity contribution in [2.75, 3.05) is 19.4 Å². The van der Waals surface area contributed by atoms with E-state index >= 15 is 0 Å². The lowest BCUT2D eigenvalue weighted by Crippen LogP contribution is -2.21. The molecule has 116 valence electrons. The van der Waals surface area contributed by atoms with Crippen molar-refractivity contribution in [1.82, 2.24) is 14.9 Å². The monoisotopic (exact) mass is 298 g/mol. The zero-order valence-electron chi connectivity index (χ0n) is 13.7. The maximum Gasteiger partial charge on any atom is 0.253 e. The predicted octanol–water partition coefficient (Wildman–Crippen LogP) is 3.22. The Balaban J connectivity index is 2.25. The molecule has 1 aromatic carbocycles. The van der Waals surface area contributed by atoms with Crippen molar-refractivity contribution in [1.29, 1.82) is 0 Å². The number of anilines is 2. The second-order valence-corrected chi connectivity index (χ2v) is 6.42. The smallest absolute Gasteiger partial charge is 0.253 e. The van der Waals surface area contributed by atoms with Gasteiger partial charge in [0, 0.05) is 37.0 Å². The van der Waals surface area contributed by atoms with Crippen LogP contribution in [-0.4, -0.2) is 34.9 Å². The first-order chi connectivity index (χ1) is 10.3. The van der Waals surface area contributed by atoms with Crippen LogP contribution in [-0.2, 0) is 5.41 Å². The van der Waals surface area contributed by atoms with Gasteiger partial charge in [-0.25, -0.2) is 9.97 Å². The molecule has 2 rings (SSSR count). The summed E-state index contributed by atoms with van der Waals surface area (Å²) in [5.41, 5.74) is 1.35. The SMILES string of the molecule is CN(C)C(=O)c1cccc(Nc2ccnc(C(C)(C)C)n2)c1. The summed E-state index contributed by atoms with van der Waals surface area (Å²) in [5.74, 6) is 1.47. The van der Waals surface area contributed by atoms with Crippen molar-refractivity contribution >= 4 is 17.4 Å². The lowest BCUT2D eigenvalue weighted by Gasteiger charge is -2.17. The van der Waals surface area contributed by atoms with Crippen LogP contribution in [0.25, 0.3) is 0 Å². The average Bonchev–Trinajstić information content (AvgIpc) is 2.46. The minimum Gasteiger partial charge on any atom is -0.345 e. The molecule has 5 heteroatoms. The first-order valence-electron chi connectivity index (χ1n) is 7.19. The zero-order chi connectivity index (χ0) is 16.3. The van der Waals surface area contributed by atoms with E-state index in [2.05, 4.69) is 36.1 Å². The highest BCUT2D eigenvalue weighted by atomic mass is 16.2. The molecule has 22 heavy (non-hydrogen) atoms. The number of hydrogen-bond acceptors (Lipinski definition) is 4. The molecule has 1 amide bonds. The summed E-state index contributed by atoms with van der Waals surface area (Å²) in [5, 5.41) is 3.23. The Kier molecular flexibility index (Phi) is 4.45. The fraction of sp³-hybridized carbons (Fsp3) is 0.353. The Morgan fingerprint density at radius 1 is 1.18 bits per heavy atom. The molecular weight excluding hydrogens is 276 g/mol. The molecule has 2 aromatic rings. The van der Waals surface area contributed by atoms with Crippen LogP contribution in [0, 0.1) is 0 Å². The fourth-order valence-electron chi connectivity index (χ4n) is 1.93. The van der Waals surface area contributed by atoms with Gasteiger partial charge in [-0.3, -0.25) is 4.79 Å². The molecule has 0 aliphatic heterocycles. The maximum absolute atomic E-state index is 12.0. The highest BCUT2D eigenvalue weighted by Crippen LogP contribution is 2.21. The van der Waals surface area contributed by atoms with E-state index in [0.29, 0.717) is 5.56 Å². The summed E-state index contributed by atoms with van der Waals surface area (Å²) in [4.78, 5) is 22.4. The summed E-state index contributed by atoms with van der Waals surface area (Å²) in [7, 11) is 3.48. The topological polar surface area (TPSA) is 58.1 Å². The third kappa shape index (κ3) is 3.81. The Labute approximate surface area is 131 Å². The van der Waals surface area contributed by atoms with Crippen LogP contribution in [0.5, 0.6) is 0 Å². The van der Waals surface area contributed by atoms with E-state index in [-0.39, 0.29) is 11.3 Å². The van der Waals surface area contributed by atoms with Gasteiger partial charge in [0.05, 0.1) is 0 Å². The van der Waals surface area contributed by atoms with Crippen molar-refractivity contribution in [3.63, 3.8) is 0 Å². The first-order valence-corrected chi connectivity index (χ1v) is 7.19. The third-order valence-corrected chi connectivity index (χ3v) is 3.11. The molecule has 0 fully saturated rings. The zero-order valence-corrected chi connectivity index (χ0v) is 13.7. The van der Waals surface area contributed by atoms with Crippen molar-refractivity contribution in [3.05, 3.63) is 47.9 Å². The van der Waals surface area contributed by atoms with Gasteiger partial charge in [0.2, 0.25) is 0 Å². The molecule has 1 heterocycles. The van der Waals surface area contributed by atoms with Gasteiger partial charge in [-0.2, -0.15) is 0 Å². The van der Waals surface area contributed by atoms with Gasteiger partial charge >= 0.3 is 0 Å². The molecule has 5 nitrogen and oxygen atoms in total. The Morgan fingerprint density at radius 3 is 2.55 bits per heavy atom. The molecule has 0 saturated carbocycles. The Morgan fingerprint density at radius 2 is 1.91 bits per heavy atom. The molecule has 0 bridgehead atoms. The second-order valence-electron chi connectivity index (χ2n) is 6.42. The normalized spacial score (nSPS) is 11.1. The number of hydrogen-bond donors (Lipinski definition) is 1. The molecule has 0 radical (unpaired) electrons. The van der Waals surface area contributed by atoms with Crippen molar-refractivity contribution < 1.29 is 4.79 Å². The van der Waals surface area contributed by atoms with Crippen LogP contribution < -0.4 is 5.32 Å². The van der Waals surface area contributed by atoms with Crippen LogP contribution in [0.2, 0.25) is 0 Å². The molecule has 0 unspecified atom stereocenters. The maximum atomic E-state index is 12.0. The summed E-state index contributed by atoms with van der Waals surface area (Å²) < 4.78 is 0. The van der Waals surface area contributed by atoms with E-state index < -0.39 is 0 Å². The van der Waals surface area contributed by atoms with E-state index in [1.807, 2.05) is 24.3 Å². The van der Waals surface area contributed by atoms with Gasteiger partial charge in [0.1, 0.15) is 11.6 Å². The number of carbonyl (C=O) groups is 1. The van der Waals surface area contributed by atoms with Gasteiger partial charge < -0.3 is 10.2 Å². The van der Waals surface area contributed by atoms with E-state index in [0.717, 1.165) is 17.3 Å². The standard InChI is InChI=1S/C17H22N4O/c1-17(2,3)16-18-10-9-14(20-16)19-13-8-6-7-12(11-13)15(22)21(4)5/h6-11H,1-5H3,(H,18,19,20). The van der Waals surface area contributed by atoms with E-state index in [4.69, 9.17) is 0 Å². The number of carbonyl (C=O) groups excluding carboxylic acids is 1. The molecule has 1 N–H and O–H groups in total. The minimum absolute atomic E-state index is 0.0262. The minimum atomic E-state index is -0.111. The number of nitrogens with one attached hydrogen (secondary N) is 1.